The van der Waals surface area contributed by atoms with E-state index < -0.39 is 30.3 Å². The molecule has 1 atom stereocenters. The van der Waals surface area contributed by atoms with Crippen molar-refractivity contribution in [2.24, 2.45) is 11.7 Å². The smallest absolute Gasteiger partial charge is 0.411 e. The number of hydrogen-bond donors (Lipinski definition) is 1. The van der Waals surface area contributed by atoms with Gasteiger partial charge in [0.15, 0.2) is 17.3 Å². The summed E-state index contributed by atoms with van der Waals surface area (Å²) in [6.07, 6.45) is 0.0841. The zero-order valence-corrected chi connectivity index (χ0v) is 25.4. The molecule has 2 N–H and O–H groups in total. The maximum atomic E-state index is 14.2. The summed E-state index contributed by atoms with van der Waals surface area (Å²) in [7, 11) is 1.19. The maximum Gasteiger partial charge on any atom is 0.411 e. The lowest BCUT2D eigenvalue weighted by molar-refractivity contribution is -0.178. The van der Waals surface area contributed by atoms with Gasteiger partial charge >= 0.3 is 6.18 Å². The van der Waals surface area contributed by atoms with Gasteiger partial charge in [0.05, 0.1) is 47.1 Å². The molecule has 4 aromatic rings. The maximum absolute atomic E-state index is 14.2. The SMILES string of the molecule is COC[C@@H](n1cnc2c(-c3ccc4c(c3)OC(C)(C)C(=O)N4Cc3ccc(Cl)cn3)c(C(N)=O)c(CC3CC3)nc21)C(F)(F)F. The number of nitrogens with zero attached hydrogens (tertiary/aromatic N) is 5. The Hall–Kier alpha value is -4.23. The average Bonchev–Trinajstić information content (AvgIpc) is 3.69. The number of amides is 2. The number of carbonyl (C=O) groups excluding carboxylic acids is 2. The molecule has 14 heteroatoms. The van der Waals surface area contributed by atoms with Gasteiger partial charge < -0.3 is 19.8 Å². The molecule has 3 aromatic heterocycles. The quantitative estimate of drug-likeness (QED) is 0.250. The fourth-order valence-electron chi connectivity index (χ4n) is 5.64. The van der Waals surface area contributed by atoms with Crippen LogP contribution in [0.5, 0.6) is 5.75 Å². The van der Waals surface area contributed by atoms with Crippen LogP contribution in [0.2, 0.25) is 5.02 Å². The van der Waals surface area contributed by atoms with Gasteiger partial charge in [-0.3, -0.25) is 19.5 Å². The molecule has 10 nitrogen and oxygen atoms in total. The first kappa shape index (κ1) is 30.8. The number of imidazole rings is 1. The third-order valence-corrected chi connectivity index (χ3v) is 8.24. The minimum atomic E-state index is -4.66. The van der Waals surface area contributed by atoms with Crippen LogP contribution in [0.25, 0.3) is 22.3 Å². The number of hydrogen-bond acceptors (Lipinski definition) is 7. The lowest BCUT2D eigenvalue weighted by Crippen LogP contribution is -2.52. The summed E-state index contributed by atoms with van der Waals surface area (Å²) in [5, 5.41) is 0.457. The zero-order valence-electron chi connectivity index (χ0n) is 24.7. The molecule has 236 valence electrons. The molecule has 2 amide bonds. The number of pyridine rings is 2. The summed E-state index contributed by atoms with van der Waals surface area (Å²) in [5.74, 6) is -0.519. The summed E-state index contributed by atoms with van der Waals surface area (Å²) < 4.78 is 54.5. The highest BCUT2D eigenvalue weighted by Crippen LogP contribution is 2.44. The number of benzene rings is 1. The van der Waals surface area contributed by atoms with Crippen LogP contribution in [0.15, 0.2) is 42.9 Å². The van der Waals surface area contributed by atoms with Crippen LogP contribution in [0, 0.1) is 5.92 Å². The van der Waals surface area contributed by atoms with Crippen molar-refractivity contribution >= 4 is 40.3 Å². The van der Waals surface area contributed by atoms with E-state index in [1.807, 2.05) is 0 Å². The van der Waals surface area contributed by atoms with Crippen LogP contribution in [-0.2, 0) is 22.5 Å². The third kappa shape index (κ3) is 5.82. The third-order valence-electron chi connectivity index (χ3n) is 8.02. The average molecular weight is 643 g/mol. The number of primary amides is 1. The second-order valence-electron chi connectivity index (χ2n) is 11.8. The number of alkyl halides is 3. The first-order valence-corrected chi connectivity index (χ1v) is 14.7. The number of nitrogens with two attached hydrogens (primary N) is 1. The highest BCUT2D eigenvalue weighted by atomic mass is 35.5. The number of ether oxygens (including phenoxy) is 2. The fourth-order valence-corrected chi connectivity index (χ4v) is 5.75. The fraction of sp³-hybridized carbons (Fsp3) is 0.387. The van der Waals surface area contributed by atoms with E-state index in [4.69, 9.17) is 26.8 Å². The molecule has 4 heterocycles. The summed E-state index contributed by atoms with van der Waals surface area (Å²) in [4.78, 5) is 41.3. The lowest BCUT2D eigenvalue weighted by atomic mass is 9.94. The molecule has 0 saturated heterocycles. The predicted octanol–water partition coefficient (Wildman–Crippen LogP) is 5.65. The van der Waals surface area contributed by atoms with E-state index in [-0.39, 0.29) is 40.7 Å². The van der Waals surface area contributed by atoms with E-state index in [9.17, 15) is 22.8 Å². The van der Waals surface area contributed by atoms with E-state index in [2.05, 4.69) is 15.0 Å². The summed E-state index contributed by atoms with van der Waals surface area (Å²) >= 11 is 5.99. The number of methoxy groups -OCH3 is 1. The van der Waals surface area contributed by atoms with E-state index in [1.54, 1.807) is 49.1 Å². The Bertz CT molecular complexity index is 1800. The Morgan fingerprint density at radius 1 is 1.22 bits per heavy atom. The van der Waals surface area contributed by atoms with Gasteiger partial charge in [-0.05, 0) is 68.9 Å². The molecule has 0 bridgehead atoms. The van der Waals surface area contributed by atoms with Crippen molar-refractivity contribution in [3.8, 4) is 16.9 Å². The van der Waals surface area contributed by atoms with Crippen molar-refractivity contribution in [1.29, 1.82) is 0 Å². The molecule has 0 radical (unpaired) electrons. The van der Waals surface area contributed by atoms with Crippen molar-refractivity contribution in [2.45, 2.75) is 57.5 Å². The van der Waals surface area contributed by atoms with E-state index >= 15 is 0 Å². The highest BCUT2D eigenvalue weighted by molar-refractivity contribution is 6.30. The van der Waals surface area contributed by atoms with Crippen LogP contribution in [0.4, 0.5) is 18.9 Å². The molecule has 1 aliphatic carbocycles. The molecule has 1 aromatic carbocycles. The number of rotatable bonds is 9. The van der Waals surface area contributed by atoms with E-state index in [1.165, 1.54) is 13.3 Å². The van der Waals surface area contributed by atoms with Gasteiger partial charge in [-0.15, -0.1) is 0 Å². The number of fused-ring (bicyclic) bond motifs is 2. The second kappa shape index (κ2) is 11.3. The van der Waals surface area contributed by atoms with Crippen molar-refractivity contribution in [1.82, 2.24) is 19.5 Å². The minimum Gasteiger partial charge on any atom is -0.476 e. The van der Waals surface area contributed by atoms with Crippen LogP contribution < -0.4 is 15.4 Å². The predicted molar refractivity (Wildman–Crippen MR) is 160 cm³/mol. The van der Waals surface area contributed by atoms with Gasteiger partial charge in [0.2, 0.25) is 0 Å². The molecule has 0 spiro atoms. The Kier molecular flexibility index (Phi) is 7.72. The first-order valence-electron chi connectivity index (χ1n) is 14.3. The molecule has 1 saturated carbocycles. The van der Waals surface area contributed by atoms with Gasteiger partial charge in [0, 0.05) is 18.9 Å². The van der Waals surface area contributed by atoms with Gasteiger partial charge in [-0.2, -0.15) is 13.2 Å². The molecule has 1 fully saturated rings. The highest BCUT2D eigenvalue weighted by Gasteiger charge is 2.44. The van der Waals surface area contributed by atoms with E-state index in [0.29, 0.717) is 39.8 Å². The van der Waals surface area contributed by atoms with Crippen LogP contribution >= 0.6 is 11.6 Å². The van der Waals surface area contributed by atoms with Gasteiger partial charge in [0.25, 0.3) is 11.8 Å². The largest absolute Gasteiger partial charge is 0.476 e. The van der Waals surface area contributed by atoms with Gasteiger partial charge in [0.1, 0.15) is 11.3 Å². The Balaban J connectivity index is 1.54. The van der Waals surface area contributed by atoms with Crippen molar-refractivity contribution in [2.75, 3.05) is 18.6 Å². The van der Waals surface area contributed by atoms with Crippen molar-refractivity contribution in [3.63, 3.8) is 0 Å². The first-order chi connectivity index (χ1) is 21.3. The normalized spacial score (nSPS) is 16.9. The minimum absolute atomic E-state index is 0.0467. The molecule has 6 rings (SSSR count). The van der Waals surface area contributed by atoms with Crippen LogP contribution in [0.1, 0.15) is 54.5 Å². The molecule has 1 aliphatic heterocycles. The molecule has 0 unspecified atom stereocenters. The van der Waals surface area contributed by atoms with E-state index in [0.717, 1.165) is 23.7 Å². The standard InChI is InChI=1S/C31H30ClF3N6O4/c1-30(2)29(43)40(13-19-8-7-18(32)12-37-19)21-9-6-17(11-22(21)45-30)24-25(27(36)42)20(10-16-4-5-16)39-28-26(24)38-15-41(28)23(14-44-3)31(33,34)35/h6-9,11-12,15-16,23H,4-5,10,13-14H2,1-3H3,(H2,36,42)/t23-/m1/s1. The monoisotopic (exact) mass is 642 g/mol. The topological polar surface area (TPSA) is 125 Å². The van der Waals surface area contributed by atoms with Gasteiger partial charge in [-0.1, -0.05) is 17.7 Å². The second-order valence-corrected chi connectivity index (χ2v) is 12.2. The lowest BCUT2D eigenvalue weighted by Gasteiger charge is -2.39. The number of anilines is 1. The van der Waals surface area contributed by atoms with Crippen LogP contribution in [0.3, 0.4) is 0 Å². The van der Waals surface area contributed by atoms with Crippen molar-refractivity contribution < 1.29 is 32.2 Å². The zero-order chi connectivity index (χ0) is 32.3. The number of halogens is 4. The molecule has 2 aliphatic rings. The van der Waals surface area contributed by atoms with Crippen LogP contribution in [-0.4, -0.2) is 56.8 Å². The number of carbonyl (C=O) groups is 2. The number of aromatic nitrogens is 4. The Labute approximate surface area is 261 Å². The molecular weight excluding hydrogens is 613 g/mol. The summed E-state index contributed by atoms with van der Waals surface area (Å²) in [5.41, 5.74) is 6.78. The van der Waals surface area contributed by atoms with Crippen molar-refractivity contribution in [3.05, 3.63) is 64.8 Å². The molecule has 45 heavy (non-hydrogen) atoms. The van der Waals surface area contributed by atoms with Gasteiger partial charge in [-0.25, -0.2) is 9.97 Å². The summed E-state index contributed by atoms with van der Waals surface area (Å²) in [6, 6.07) is 6.30. The summed E-state index contributed by atoms with van der Waals surface area (Å²) in [6.45, 7) is 2.75. The molecular formula is C31H30ClF3N6O4. The Morgan fingerprint density at radius 3 is 2.60 bits per heavy atom. The Morgan fingerprint density at radius 2 is 1.98 bits per heavy atom.